The van der Waals surface area contributed by atoms with Gasteiger partial charge in [-0.05, 0) is 24.1 Å². The summed E-state index contributed by atoms with van der Waals surface area (Å²) in [5.74, 6) is 0. The van der Waals surface area contributed by atoms with E-state index in [1.165, 1.54) is 10.3 Å². The first kappa shape index (κ1) is 9.70. The molecule has 0 radical (unpaired) electrons. The van der Waals surface area contributed by atoms with Crippen molar-refractivity contribution < 1.29 is 0 Å². The first-order chi connectivity index (χ1) is 6.77. The van der Waals surface area contributed by atoms with E-state index >= 15 is 0 Å². The minimum absolute atomic E-state index is 0.795. The van der Waals surface area contributed by atoms with Crippen LogP contribution in [0.25, 0.3) is 10.1 Å². The van der Waals surface area contributed by atoms with Gasteiger partial charge >= 0.3 is 0 Å². The number of nitrogens with zero attached hydrogens (tertiary/aromatic N) is 1. The van der Waals surface area contributed by atoms with Crippen LogP contribution in [0.2, 0.25) is 0 Å². The quantitative estimate of drug-likeness (QED) is 0.762. The van der Waals surface area contributed by atoms with E-state index in [9.17, 15) is 0 Å². The van der Waals surface area contributed by atoms with E-state index in [4.69, 9.17) is 5.26 Å². The second kappa shape index (κ2) is 3.72. The first-order valence-corrected chi connectivity index (χ1v) is 6.04. The van der Waals surface area contributed by atoms with Gasteiger partial charge in [0.1, 0.15) is 6.07 Å². The maximum atomic E-state index is 8.98. The number of rotatable bonds is 1. The molecule has 14 heavy (non-hydrogen) atoms. The summed E-state index contributed by atoms with van der Waals surface area (Å²) < 4.78 is 2.30. The van der Waals surface area contributed by atoms with Crippen molar-refractivity contribution in [3.63, 3.8) is 0 Å². The number of hydrogen-bond acceptors (Lipinski definition) is 2. The lowest BCUT2D eigenvalue weighted by Gasteiger charge is -2.03. The van der Waals surface area contributed by atoms with E-state index < -0.39 is 0 Å². The molecule has 0 saturated heterocycles. The summed E-state index contributed by atoms with van der Waals surface area (Å²) in [7, 11) is 0. The highest BCUT2D eigenvalue weighted by molar-refractivity contribution is 9.10. The second-order valence-electron chi connectivity index (χ2n) is 3.01. The lowest BCUT2D eigenvalue weighted by Crippen LogP contribution is -1.85. The Kier molecular flexibility index (Phi) is 2.58. The zero-order valence-electron chi connectivity index (χ0n) is 7.67. The molecule has 0 unspecified atom stereocenters. The van der Waals surface area contributed by atoms with Crippen molar-refractivity contribution in [3.05, 3.63) is 33.1 Å². The molecule has 0 aliphatic rings. The molecule has 0 spiro atoms. The van der Waals surface area contributed by atoms with Crippen molar-refractivity contribution in [2.75, 3.05) is 0 Å². The van der Waals surface area contributed by atoms with Crippen molar-refractivity contribution in [1.29, 1.82) is 5.26 Å². The third-order valence-corrected chi connectivity index (χ3v) is 3.96. The van der Waals surface area contributed by atoms with Gasteiger partial charge in [0.25, 0.3) is 0 Å². The highest BCUT2D eigenvalue weighted by atomic mass is 79.9. The Bertz CT molecular complexity index is 522. The Hall–Kier alpha value is -0.850. The maximum absolute atomic E-state index is 8.98. The second-order valence-corrected chi connectivity index (χ2v) is 4.78. The van der Waals surface area contributed by atoms with Crippen molar-refractivity contribution in [2.45, 2.75) is 13.3 Å². The van der Waals surface area contributed by atoms with Crippen LogP contribution in [-0.2, 0) is 6.42 Å². The van der Waals surface area contributed by atoms with Gasteiger partial charge < -0.3 is 0 Å². The van der Waals surface area contributed by atoms with Gasteiger partial charge in [-0.3, -0.25) is 0 Å². The molecule has 1 heterocycles. The average molecular weight is 266 g/mol. The van der Waals surface area contributed by atoms with Gasteiger partial charge in [0.05, 0.1) is 5.56 Å². The molecule has 2 rings (SSSR count). The van der Waals surface area contributed by atoms with Crippen LogP contribution in [0.4, 0.5) is 0 Å². The number of benzene rings is 1. The molecule has 0 N–H and O–H groups in total. The fourth-order valence-electron chi connectivity index (χ4n) is 1.60. The van der Waals surface area contributed by atoms with Gasteiger partial charge in [-0.2, -0.15) is 5.26 Å². The minimum atomic E-state index is 0.795. The van der Waals surface area contributed by atoms with Crippen LogP contribution in [0.15, 0.2) is 22.0 Å². The number of halogens is 1. The standard InChI is InChI=1S/C11H8BrNS/c1-2-8-9(12)3-4-10-11(8)7(5-13)6-14-10/h3-4,6H,2H2,1H3. The van der Waals surface area contributed by atoms with Crippen LogP contribution in [0.1, 0.15) is 18.1 Å². The monoisotopic (exact) mass is 265 g/mol. The van der Waals surface area contributed by atoms with Crippen LogP contribution in [0.3, 0.4) is 0 Å². The molecule has 0 atom stereocenters. The molecule has 1 aromatic heterocycles. The SMILES string of the molecule is CCc1c(Br)ccc2scc(C#N)c12. The Morgan fingerprint density at radius 2 is 2.29 bits per heavy atom. The van der Waals surface area contributed by atoms with Crippen LogP contribution < -0.4 is 0 Å². The van der Waals surface area contributed by atoms with Crippen molar-refractivity contribution in [2.24, 2.45) is 0 Å². The summed E-state index contributed by atoms with van der Waals surface area (Å²) in [6.45, 7) is 2.11. The lowest BCUT2D eigenvalue weighted by atomic mass is 10.1. The summed E-state index contributed by atoms with van der Waals surface area (Å²) in [4.78, 5) is 0. The normalized spacial score (nSPS) is 10.4. The van der Waals surface area contributed by atoms with Gasteiger partial charge in [0.2, 0.25) is 0 Å². The fraction of sp³-hybridized carbons (Fsp3) is 0.182. The van der Waals surface area contributed by atoms with E-state index in [0.717, 1.165) is 21.8 Å². The van der Waals surface area contributed by atoms with Gasteiger partial charge in [0, 0.05) is 19.9 Å². The molecular weight excluding hydrogens is 258 g/mol. The molecule has 3 heteroatoms. The predicted octanol–water partition coefficient (Wildman–Crippen LogP) is 4.10. The Balaban J connectivity index is 2.90. The minimum Gasteiger partial charge on any atom is -0.192 e. The highest BCUT2D eigenvalue weighted by Crippen LogP contribution is 2.33. The number of fused-ring (bicyclic) bond motifs is 1. The van der Waals surface area contributed by atoms with E-state index in [-0.39, 0.29) is 0 Å². The molecule has 0 fully saturated rings. The Morgan fingerprint density at radius 1 is 1.50 bits per heavy atom. The summed E-state index contributed by atoms with van der Waals surface area (Å²) in [5, 5.41) is 12.0. The van der Waals surface area contributed by atoms with Crippen molar-refractivity contribution >= 4 is 37.4 Å². The number of hydrogen-bond donors (Lipinski definition) is 0. The smallest absolute Gasteiger partial charge is 0.101 e. The highest BCUT2D eigenvalue weighted by Gasteiger charge is 2.09. The zero-order chi connectivity index (χ0) is 10.1. The van der Waals surface area contributed by atoms with Gasteiger partial charge in [-0.15, -0.1) is 11.3 Å². The molecule has 2 aromatic rings. The third kappa shape index (κ3) is 1.35. The van der Waals surface area contributed by atoms with Gasteiger partial charge in [-0.25, -0.2) is 0 Å². The predicted molar refractivity (Wildman–Crippen MR) is 63.6 cm³/mol. The molecule has 0 saturated carbocycles. The van der Waals surface area contributed by atoms with Crippen molar-refractivity contribution in [1.82, 2.24) is 0 Å². The molecule has 0 amide bonds. The molecule has 1 nitrogen and oxygen atoms in total. The van der Waals surface area contributed by atoms with Crippen molar-refractivity contribution in [3.8, 4) is 6.07 Å². The molecule has 70 valence electrons. The van der Waals surface area contributed by atoms with Crippen LogP contribution in [-0.4, -0.2) is 0 Å². The molecule has 0 aliphatic heterocycles. The third-order valence-electron chi connectivity index (χ3n) is 2.26. The number of aryl methyl sites for hydroxylation is 1. The van der Waals surface area contributed by atoms with E-state index in [1.54, 1.807) is 11.3 Å². The summed E-state index contributed by atoms with van der Waals surface area (Å²) in [5.41, 5.74) is 2.03. The van der Waals surface area contributed by atoms with Crippen LogP contribution >= 0.6 is 27.3 Å². The Morgan fingerprint density at radius 3 is 2.93 bits per heavy atom. The summed E-state index contributed by atoms with van der Waals surface area (Å²) >= 11 is 5.15. The maximum Gasteiger partial charge on any atom is 0.101 e. The number of nitriles is 1. The van der Waals surface area contributed by atoms with Gasteiger partial charge in [0.15, 0.2) is 0 Å². The first-order valence-electron chi connectivity index (χ1n) is 4.36. The topological polar surface area (TPSA) is 23.8 Å². The largest absolute Gasteiger partial charge is 0.192 e. The molecule has 1 aromatic carbocycles. The molecule has 0 aliphatic carbocycles. The van der Waals surface area contributed by atoms with Crippen LogP contribution in [0.5, 0.6) is 0 Å². The van der Waals surface area contributed by atoms with Crippen LogP contribution in [0, 0.1) is 11.3 Å². The fourth-order valence-corrected chi connectivity index (χ4v) is 3.13. The Labute approximate surface area is 95.1 Å². The summed E-state index contributed by atoms with van der Waals surface area (Å²) in [6, 6.07) is 6.36. The van der Waals surface area contributed by atoms with Gasteiger partial charge in [-0.1, -0.05) is 22.9 Å². The average Bonchev–Trinajstić information content (AvgIpc) is 2.61. The molecule has 0 bridgehead atoms. The molecular formula is C11H8BrNS. The lowest BCUT2D eigenvalue weighted by molar-refractivity contribution is 1.15. The van der Waals surface area contributed by atoms with E-state index in [1.807, 2.05) is 5.38 Å². The van der Waals surface area contributed by atoms with E-state index in [0.29, 0.717) is 0 Å². The zero-order valence-corrected chi connectivity index (χ0v) is 10.1. The van der Waals surface area contributed by atoms with E-state index in [2.05, 4.69) is 41.1 Å². The number of thiophene rings is 1. The summed E-state index contributed by atoms with van der Waals surface area (Å²) in [6.07, 6.45) is 0.948.